The molecule has 84 valence electrons. The molecule has 6 nitrogen and oxygen atoms in total. The van der Waals surface area contributed by atoms with Crippen molar-refractivity contribution in [1.29, 1.82) is 0 Å². The van der Waals surface area contributed by atoms with Gasteiger partial charge in [-0.2, -0.15) is 0 Å². The van der Waals surface area contributed by atoms with E-state index < -0.39 is 16.0 Å². The number of rotatable bonds is 5. The van der Waals surface area contributed by atoms with Gasteiger partial charge in [-0.25, -0.2) is 12.7 Å². The molecule has 0 saturated carbocycles. The summed E-state index contributed by atoms with van der Waals surface area (Å²) in [5.41, 5.74) is 0. The second-order valence-electron chi connectivity index (χ2n) is 3.02. The minimum Gasteiger partial charge on any atom is -0.481 e. The first-order valence-electron chi connectivity index (χ1n) is 4.25. The molecule has 0 amide bonds. The first kappa shape index (κ1) is 11.7. The van der Waals surface area contributed by atoms with E-state index >= 15 is 0 Å². The van der Waals surface area contributed by atoms with Crippen molar-refractivity contribution >= 4 is 16.0 Å². The maximum absolute atomic E-state index is 11.7. The average molecular weight is 232 g/mol. The van der Waals surface area contributed by atoms with Crippen molar-refractivity contribution in [2.24, 2.45) is 0 Å². The van der Waals surface area contributed by atoms with Gasteiger partial charge in [0.1, 0.15) is 0 Å². The van der Waals surface area contributed by atoms with Gasteiger partial charge < -0.3 is 10.1 Å². The Kier molecular flexibility index (Phi) is 3.48. The van der Waals surface area contributed by atoms with Crippen LogP contribution in [0.2, 0.25) is 0 Å². The molecule has 0 spiro atoms. The predicted molar refractivity (Wildman–Crippen MR) is 52.9 cm³/mol. The molecular weight excluding hydrogens is 220 g/mol. The largest absolute Gasteiger partial charge is 0.481 e. The van der Waals surface area contributed by atoms with Gasteiger partial charge in [-0.1, -0.05) is 0 Å². The Bertz CT molecular complexity index is 424. The molecule has 1 heterocycles. The number of carboxylic acids is 1. The molecule has 0 unspecified atom stereocenters. The van der Waals surface area contributed by atoms with E-state index in [-0.39, 0.29) is 17.9 Å². The van der Waals surface area contributed by atoms with Gasteiger partial charge in [-0.15, -0.1) is 0 Å². The maximum Gasteiger partial charge on any atom is 0.304 e. The number of carbonyl (C=O) groups is 1. The number of hydrogen-bond donors (Lipinski definition) is 2. The molecule has 7 heteroatoms. The third-order valence-electron chi connectivity index (χ3n) is 1.92. The molecule has 1 rings (SSSR count). The van der Waals surface area contributed by atoms with Crippen molar-refractivity contribution in [3.05, 3.63) is 18.5 Å². The Morgan fingerprint density at radius 1 is 1.60 bits per heavy atom. The van der Waals surface area contributed by atoms with Crippen LogP contribution in [0.5, 0.6) is 0 Å². The summed E-state index contributed by atoms with van der Waals surface area (Å²) >= 11 is 0. The van der Waals surface area contributed by atoms with E-state index in [4.69, 9.17) is 5.11 Å². The van der Waals surface area contributed by atoms with Gasteiger partial charge in [-0.3, -0.25) is 4.79 Å². The molecule has 0 atom stereocenters. The lowest BCUT2D eigenvalue weighted by molar-refractivity contribution is -0.137. The Balaban J connectivity index is 2.75. The quantitative estimate of drug-likeness (QED) is 0.753. The van der Waals surface area contributed by atoms with Crippen LogP contribution in [0.4, 0.5) is 0 Å². The first-order valence-corrected chi connectivity index (χ1v) is 5.69. The van der Waals surface area contributed by atoms with Crippen LogP contribution >= 0.6 is 0 Å². The van der Waals surface area contributed by atoms with Crippen LogP contribution in [0.1, 0.15) is 6.42 Å². The van der Waals surface area contributed by atoms with E-state index in [1.54, 1.807) is 0 Å². The smallest absolute Gasteiger partial charge is 0.304 e. The van der Waals surface area contributed by atoms with Gasteiger partial charge in [0.05, 0.1) is 11.3 Å². The zero-order chi connectivity index (χ0) is 11.5. The second kappa shape index (κ2) is 4.45. The van der Waals surface area contributed by atoms with E-state index in [0.29, 0.717) is 0 Å². The highest BCUT2D eigenvalue weighted by molar-refractivity contribution is 7.89. The Morgan fingerprint density at radius 2 is 2.27 bits per heavy atom. The Hall–Kier alpha value is -1.34. The third-order valence-corrected chi connectivity index (χ3v) is 3.77. The van der Waals surface area contributed by atoms with Crippen LogP contribution < -0.4 is 0 Å². The normalized spacial score (nSPS) is 11.9. The number of carboxylic acid groups (broad SMARTS) is 1. The molecule has 1 aromatic rings. The molecule has 0 aliphatic carbocycles. The van der Waals surface area contributed by atoms with E-state index in [1.165, 1.54) is 25.5 Å². The fourth-order valence-corrected chi connectivity index (χ4v) is 2.17. The molecule has 0 aliphatic heterocycles. The molecule has 2 N–H and O–H groups in total. The van der Waals surface area contributed by atoms with Crippen LogP contribution in [-0.4, -0.2) is 42.4 Å². The summed E-state index contributed by atoms with van der Waals surface area (Å²) in [6.07, 6.45) is 2.64. The summed E-state index contributed by atoms with van der Waals surface area (Å²) in [7, 11) is -2.20. The van der Waals surface area contributed by atoms with Gasteiger partial charge in [0.15, 0.2) is 0 Å². The highest BCUT2D eigenvalue weighted by Gasteiger charge is 2.21. The van der Waals surface area contributed by atoms with Gasteiger partial charge in [0, 0.05) is 26.0 Å². The summed E-state index contributed by atoms with van der Waals surface area (Å²) in [6, 6.07) is 1.42. The summed E-state index contributed by atoms with van der Waals surface area (Å²) in [4.78, 5) is 13.1. The summed E-state index contributed by atoms with van der Waals surface area (Å²) < 4.78 is 24.5. The lowest BCUT2D eigenvalue weighted by Gasteiger charge is -2.14. The minimum absolute atomic E-state index is 0.0388. The predicted octanol–water partition coefficient (Wildman–Crippen LogP) is 0.110. The maximum atomic E-state index is 11.7. The van der Waals surface area contributed by atoms with Crippen molar-refractivity contribution < 1.29 is 18.3 Å². The Morgan fingerprint density at radius 3 is 2.73 bits per heavy atom. The molecule has 0 fully saturated rings. The molecule has 0 bridgehead atoms. The summed E-state index contributed by atoms with van der Waals surface area (Å²) in [5.74, 6) is -1.02. The average Bonchev–Trinajstić information content (AvgIpc) is 2.66. The van der Waals surface area contributed by atoms with E-state index in [9.17, 15) is 13.2 Å². The number of nitrogens with zero attached hydrogens (tertiary/aromatic N) is 1. The van der Waals surface area contributed by atoms with Crippen LogP contribution in [0.15, 0.2) is 23.4 Å². The molecule has 0 radical (unpaired) electrons. The van der Waals surface area contributed by atoms with E-state index in [1.807, 2.05) is 0 Å². The van der Waals surface area contributed by atoms with Gasteiger partial charge in [0.2, 0.25) is 10.0 Å². The highest BCUT2D eigenvalue weighted by Crippen LogP contribution is 2.12. The summed E-state index contributed by atoms with van der Waals surface area (Å²) in [5, 5.41) is 8.43. The van der Waals surface area contributed by atoms with Crippen LogP contribution in [0.3, 0.4) is 0 Å². The van der Waals surface area contributed by atoms with Crippen molar-refractivity contribution in [1.82, 2.24) is 9.29 Å². The minimum atomic E-state index is -3.55. The van der Waals surface area contributed by atoms with Crippen molar-refractivity contribution in [2.75, 3.05) is 13.6 Å². The topological polar surface area (TPSA) is 90.5 Å². The molecule has 1 aromatic heterocycles. The zero-order valence-corrected chi connectivity index (χ0v) is 8.99. The van der Waals surface area contributed by atoms with Crippen molar-refractivity contribution in [3.63, 3.8) is 0 Å². The lowest BCUT2D eigenvalue weighted by Crippen LogP contribution is -2.28. The number of hydrogen-bond acceptors (Lipinski definition) is 3. The first-order chi connectivity index (χ1) is 6.94. The van der Waals surface area contributed by atoms with Crippen LogP contribution in [0.25, 0.3) is 0 Å². The highest BCUT2D eigenvalue weighted by atomic mass is 32.2. The Labute approximate surface area is 87.6 Å². The number of aliphatic carboxylic acids is 1. The molecule has 0 aromatic carbocycles. The van der Waals surface area contributed by atoms with E-state index in [2.05, 4.69) is 4.98 Å². The number of sulfonamides is 1. The van der Waals surface area contributed by atoms with Crippen LogP contribution in [0, 0.1) is 0 Å². The van der Waals surface area contributed by atoms with E-state index in [0.717, 1.165) is 4.31 Å². The number of H-pyrrole nitrogens is 1. The second-order valence-corrected chi connectivity index (χ2v) is 5.06. The molecular formula is C8H12N2O4S. The third kappa shape index (κ3) is 2.80. The van der Waals surface area contributed by atoms with Gasteiger partial charge in [0.25, 0.3) is 0 Å². The fraction of sp³-hybridized carbons (Fsp3) is 0.375. The van der Waals surface area contributed by atoms with Crippen LogP contribution in [-0.2, 0) is 14.8 Å². The van der Waals surface area contributed by atoms with Crippen molar-refractivity contribution in [3.8, 4) is 0 Å². The molecule has 0 saturated heterocycles. The standard InChI is InChI=1S/C8H12N2O4S/c1-10(5-3-8(11)12)15(13,14)7-2-4-9-6-7/h2,4,6,9H,3,5H2,1H3,(H,11,12). The number of nitrogens with one attached hydrogen (secondary N) is 1. The fourth-order valence-electron chi connectivity index (χ4n) is 1.02. The lowest BCUT2D eigenvalue weighted by atomic mass is 10.4. The zero-order valence-electron chi connectivity index (χ0n) is 8.17. The number of aromatic amines is 1. The number of aromatic nitrogens is 1. The summed E-state index contributed by atoms with van der Waals surface area (Å²) in [6.45, 7) is -0.0388. The SMILES string of the molecule is CN(CCC(=O)O)S(=O)(=O)c1cc[nH]c1. The molecule has 0 aliphatic rings. The monoisotopic (exact) mass is 232 g/mol. The van der Waals surface area contributed by atoms with Gasteiger partial charge in [-0.05, 0) is 6.07 Å². The van der Waals surface area contributed by atoms with Gasteiger partial charge >= 0.3 is 5.97 Å². The van der Waals surface area contributed by atoms with Crippen molar-refractivity contribution in [2.45, 2.75) is 11.3 Å². The molecule has 15 heavy (non-hydrogen) atoms.